The van der Waals surface area contributed by atoms with E-state index in [1.54, 1.807) is 0 Å². The molecule has 4 nitrogen and oxygen atoms in total. The molecule has 1 heterocycles. The standard InChI is InChI=1S/C14H24N2O2/c1-9-6-7-11(18-9)10(2)16-13(17)8-12(15)14(3,4)5/h6-7,10,12H,8,15H2,1-5H3,(H,16,17). The Hall–Kier alpha value is -1.29. The number of rotatable bonds is 4. The number of carbonyl (C=O) groups is 1. The smallest absolute Gasteiger partial charge is 0.222 e. The van der Waals surface area contributed by atoms with Gasteiger partial charge in [-0.15, -0.1) is 0 Å². The summed E-state index contributed by atoms with van der Waals surface area (Å²) in [7, 11) is 0. The molecule has 1 amide bonds. The zero-order valence-corrected chi connectivity index (χ0v) is 11.9. The van der Waals surface area contributed by atoms with Crippen molar-refractivity contribution in [3.63, 3.8) is 0 Å². The highest BCUT2D eigenvalue weighted by Gasteiger charge is 2.24. The minimum Gasteiger partial charge on any atom is -0.464 e. The van der Waals surface area contributed by atoms with E-state index >= 15 is 0 Å². The number of carbonyl (C=O) groups excluding carboxylic acids is 1. The normalized spacial score (nSPS) is 15.2. The third kappa shape index (κ3) is 4.18. The molecule has 1 rings (SSSR count). The van der Waals surface area contributed by atoms with Crippen LogP contribution < -0.4 is 11.1 Å². The predicted molar refractivity (Wildman–Crippen MR) is 72.1 cm³/mol. The fourth-order valence-corrected chi connectivity index (χ4v) is 1.56. The van der Waals surface area contributed by atoms with Crippen LogP contribution in [0.5, 0.6) is 0 Å². The second kappa shape index (κ2) is 5.57. The van der Waals surface area contributed by atoms with Gasteiger partial charge in [0.2, 0.25) is 5.91 Å². The second-order valence-corrected chi connectivity index (χ2v) is 5.91. The molecule has 0 fully saturated rings. The molecule has 1 aromatic rings. The topological polar surface area (TPSA) is 68.3 Å². The number of furan rings is 1. The minimum absolute atomic E-state index is 0.0426. The van der Waals surface area contributed by atoms with Crippen molar-refractivity contribution in [2.24, 2.45) is 11.1 Å². The van der Waals surface area contributed by atoms with Crippen LogP contribution in [0.25, 0.3) is 0 Å². The van der Waals surface area contributed by atoms with E-state index in [9.17, 15) is 4.79 Å². The number of aryl methyl sites for hydroxylation is 1. The average molecular weight is 252 g/mol. The summed E-state index contributed by atoms with van der Waals surface area (Å²) in [6.07, 6.45) is 0.327. The Morgan fingerprint density at radius 1 is 1.44 bits per heavy atom. The summed E-state index contributed by atoms with van der Waals surface area (Å²) in [5.74, 6) is 1.57. The van der Waals surface area contributed by atoms with E-state index in [2.05, 4.69) is 5.32 Å². The fraction of sp³-hybridized carbons (Fsp3) is 0.643. The van der Waals surface area contributed by atoms with E-state index in [1.807, 2.05) is 46.8 Å². The summed E-state index contributed by atoms with van der Waals surface area (Å²) in [5.41, 5.74) is 5.92. The van der Waals surface area contributed by atoms with E-state index in [-0.39, 0.29) is 23.4 Å². The maximum atomic E-state index is 11.9. The first kappa shape index (κ1) is 14.8. The zero-order valence-electron chi connectivity index (χ0n) is 11.9. The first-order valence-corrected chi connectivity index (χ1v) is 6.31. The van der Waals surface area contributed by atoms with Gasteiger partial charge in [0.1, 0.15) is 11.5 Å². The van der Waals surface area contributed by atoms with Crippen LogP contribution in [0.3, 0.4) is 0 Å². The number of hydrogen-bond acceptors (Lipinski definition) is 3. The quantitative estimate of drug-likeness (QED) is 0.865. The molecule has 0 aliphatic rings. The van der Waals surface area contributed by atoms with Gasteiger partial charge in [0.15, 0.2) is 0 Å². The molecular formula is C14H24N2O2. The molecule has 0 saturated heterocycles. The van der Waals surface area contributed by atoms with E-state index in [0.717, 1.165) is 11.5 Å². The lowest BCUT2D eigenvalue weighted by molar-refractivity contribution is -0.122. The predicted octanol–water partition coefficient (Wildman–Crippen LogP) is 2.53. The fourth-order valence-electron chi connectivity index (χ4n) is 1.56. The summed E-state index contributed by atoms with van der Waals surface area (Å²) in [6.45, 7) is 9.88. The monoisotopic (exact) mass is 252 g/mol. The maximum Gasteiger partial charge on any atom is 0.222 e. The SMILES string of the molecule is Cc1ccc(C(C)NC(=O)CC(N)C(C)(C)C)o1. The summed E-state index contributed by atoms with van der Waals surface area (Å²) < 4.78 is 5.47. The average Bonchev–Trinajstić information content (AvgIpc) is 2.63. The van der Waals surface area contributed by atoms with E-state index in [4.69, 9.17) is 10.2 Å². The molecule has 2 unspecified atom stereocenters. The van der Waals surface area contributed by atoms with Crippen LogP contribution in [-0.4, -0.2) is 11.9 Å². The largest absolute Gasteiger partial charge is 0.464 e. The minimum atomic E-state index is -0.150. The number of nitrogens with one attached hydrogen (secondary N) is 1. The third-order valence-electron chi connectivity index (χ3n) is 3.08. The molecule has 18 heavy (non-hydrogen) atoms. The Labute approximate surface area is 109 Å². The molecule has 0 spiro atoms. The molecule has 0 saturated carbocycles. The zero-order chi connectivity index (χ0) is 13.9. The molecule has 0 bridgehead atoms. The van der Waals surface area contributed by atoms with Crippen molar-refractivity contribution in [2.75, 3.05) is 0 Å². The Morgan fingerprint density at radius 3 is 2.50 bits per heavy atom. The van der Waals surface area contributed by atoms with Crippen molar-refractivity contribution >= 4 is 5.91 Å². The highest BCUT2D eigenvalue weighted by Crippen LogP contribution is 2.20. The Morgan fingerprint density at radius 2 is 2.06 bits per heavy atom. The van der Waals surface area contributed by atoms with Crippen molar-refractivity contribution < 1.29 is 9.21 Å². The van der Waals surface area contributed by atoms with E-state index in [1.165, 1.54) is 0 Å². The van der Waals surface area contributed by atoms with Gasteiger partial charge in [0.25, 0.3) is 0 Å². The first-order chi connectivity index (χ1) is 8.20. The second-order valence-electron chi connectivity index (χ2n) is 5.91. The van der Waals surface area contributed by atoms with Gasteiger partial charge >= 0.3 is 0 Å². The molecule has 102 valence electrons. The van der Waals surface area contributed by atoms with Crippen LogP contribution in [0.2, 0.25) is 0 Å². The molecule has 0 radical (unpaired) electrons. The van der Waals surface area contributed by atoms with Gasteiger partial charge in [-0.1, -0.05) is 20.8 Å². The van der Waals surface area contributed by atoms with Crippen LogP contribution in [0.4, 0.5) is 0 Å². The van der Waals surface area contributed by atoms with E-state index < -0.39 is 0 Å². The van der Waals surface area contributed by atoms with Crippen molar-refractivity contribution in [3.8, 4) is 0 Å². The first-order valence-electron chi connectivity index (χ1n) is 6.31. The lowest BCUT2D eigenvalue weighted by atomic mass is 9.85. The Bertz CT molecular complexity index is 404. The van der Waals surface area contributed by atoms with Crippen molar-refractivity contribution in [3.05, 3.63) is 23.7 Å². The molecule has 0 aromatic carbocycles. The van der Waals surface area contributed by atoms with Gasteiger partial charge in [0.05, 0.1) is 6.04 Å². The molecular weight excluding hydrogens is 228 g/mol. The number of hydrogen-bond donors (Lipinski definition) is 2. The Balaban J connectivity index is 2.50. The van der Waals surface area contributed by atoms with Crippen LogP contribution >= 0.6 is 0 Å². The summed E-state index contributed by atoms with van der Waals surface area (Å²) in [5, 5.41) is 2.90. The summed E-state index contributed by atoms with van der Waals surface area (Å²) in [6, 6.07) is 3.49. The highest BCUT2D eigenvalue weighted by atomic mass is 16.3. The van der Waals surface area contributed by atoms with Crippen LogP contribution in [0.15, 0.2) is 16.5 Å². The van der Waals surface area contributed by atoms with Gasteiger partial charge < -0.3 is 15.5 Å². The molecule has 1 aromatic heterocycles. The summed E-state index contributed by atoms with van der Waals surface area (Å²) in [4.78, 5) is 11.9. The Kier molecular flexibility index (Phi) is 4.57. The molecule has 0 aliphatic heterocycles. The molecule has 3 N–H and O–H groups in total. The van der Waals surface area contributed by atoms with Crippen molar-refractivity contribution in [1.82, 2.24) is 5.32 Å². The molecule has 0 aliphatic carbocycles. The van der Waals surface area contributed by atoms with E-state index in [0.29, 0.717) is 6.42 Å². The van der Waals surface area contributed by atoms with Crippen LogP contribution in [0.1, 0.15) is 51.7 Å². The van der Waals surface area contributed by atoms with Crippen LogP contribution in [0, 0.1) is 12.3 Å². The molecule has 4 heteroatoms. The van der Waals surface area contributed by atoms with Gasteiger partial charge in [-0.05, 0) is 31.4 Å². The van der Waals surface area contributed by atoms with Crippen molar-refractivity contribution in [2.45, 2.75) is 53.1 Å². The maximum absolute atomic E-state index is 11.9. The van der Waals surface area contributed by atoms with Crippen molar-refractivity contribution in [1.29, 1.82) is 0 Å². The summed E-state index contributed by atoms with van der Waals surface area (Å²) >= 11 is 0. The number of nitrogens with two attached hydrogens (primary N) is 1. The lowest BCUT2D eigenvalue weighted by Crippen LogP contribution is -2.40. The highest BCUT2D eigenvalue weighted by molar-refractivity contribution is 5.77. The van der Waals surface area contributed by atoms with Crippen LogP contribution in [-0.2, 0) is 4.79 Å². The van der Waals surface area contributed by atoms with Gasteiger partial charge in [0, 0.05) is 12.5 Å². The van der Waals surface area contributed by atoms with Gasteiger partial charge in [-0.25, -0.2) is 0 Å². The van der Waals surface area contributed by atoms with Gasteiger partial charge in [-0.3, -0.25) is 4.79 Å². The molecule has 2 atom stereocenters. The lowest BCUT2D eigenvalue weighted by Gasteiger charge is -2.26. The number of amides is 1. The third-order valence-corrected chi connectivity index (χ3v) is 3.08. The van der Waals surface area contributed by atoms with Gasteiger partial charge in [-0.2, -0.15) is 0 Å².